The minimum atomic E-state index is -0.288. The molecule has 1 aliphatic heterocycles. The molecule has 0 saturated heterocycles. The van der Waals surface area contributed by atoms with Crippen molar-refractivity contribution >= 4 is 17.5 Å². The summed E-state index contributed by atoms with van der Waals surface area (Å²) in [4.78, 5) is 29.1. The highest BCUT2D eigenvalue weighted by Gasteiger charge is 2.27. The van der Waals surface area contributed by atoms with Gasteiger partial charge in [0.15, 0.2) is 0 Å². The monoisotopic (exact) mass is 397 g/mol. The van der Waals surface area contributed by atoms with Gasteiger partial charge in [0.25, 0.3) is 0 Å². The van der Waals surface area contributed by atoms with E-state index in [1.54, 1.807) is 17.0 Å². The number of carbonyl (C=O) groups excluding carboxylic acids is 2. The van der Waals surface area contributed by atoms with Crippen LogP contribution < -0.4 is 5.32 Å². The molecule has 2 aromatic rings. The number of anilines is 1. The molecule has 0 aromatic heterocycles. The molecule has 3 rings (SSSR count). The number of para-hydroxylation sites is 1. The molecule has 0 bridgehead atoms. The van der Waals surface area contributed by atoms with Crippen LogP contribution in [0.3, 0.4) is 0 Å². The molecular formula is C23H28FN3O2. The van der Waals surface area contributed by atoms with Gasteiger partial charge in [0.2, 0.25) is 11.8 Å². The van der Waals surface area contributed by atoms with Gasteiger partial charge in [0.05, 0.1) is 0 Å². The number of amides is 2. The SMILES string of the molecule is CN(C)CCN(Cc1ccc(F)cc1)C(=O)CCC1Cc2ccccc2NC1=O. The number of hydrogen-bond acceptors (Lipinski definition) is 3. The summed E-state index contributed by atoms with van der Waals surface area (Å²) < 4.78 is 13.2. The summed E-state index contributed by atoms with van der Waals surface area (Å²) in [5.74, 6) is -0.489. The maximum absolute atomic E-state index is 13.2. The van der Waals surface area contributed by atoms with Gasteiger partial charge in [0.1, 0.15) is 5.82 Å². The number of hydrogen-bond donors (Lipinski definition) is 1. The van der Waals surface area contributed by atoms with Crippen LogP contribution in [0.15, 0.2) is 48.5 Å². The second-order valence-corrected chi connectivity index (χ2v) is 7.83. The fourth-order valence-electron chi connectivity index (χ4n) is 3.53. The molecule has 154 valence electrons. The van der Waals surface area contributed by atoms with Gasteiger partial charge in [-0.3, -0.25) is 9.59 Å². The zero-order chi connectivity index (χ0) is 20.8. The molecule has 0 radical (unpaired) electrons. The maximum Gasteiger partial charge on any atom is 0.227 e. The van der Waals surface area contributed by atoms with Crippen molar-refractivity contribution in [1.82, 2.24) is 9.80 Å². The zero-order valence-electron chi connectivity index (χ0n) is 17.0. The third kappa shape index (κ3) is 5.87. The predicted octanol–water partition coefficient (Wildman–Crippen LogP) is 3.31. The molecule has 0 fully saturated rings. The van der Waals surface area contributed by atoms with Crippen LogP contribution >= 0.6 is 0 Å². The number of rotatable bonds is 8. The fourth-order valence-corrected chi connectivity index (χ4v) is 3.53. The molecule has 2 aromatic carbocycles. The Labute approximate surface area is 171 Å². The van der Waals surface area contributed by atoms with E-state index in [-0.39, 0.29) is 23.5 Å². The van der Waals surface area contributed by atoms with Crippen LogP contribution in [0.2, 0.25) is 0 Å². The number of benzene rings is 2. The molecule has 0 spiro atoms. The number of carbonyl (C=O) groups is 2. The molecule has 1 aliphatic rings. The molecule has 0 aliphatic carbocycles. The standard InChI is InChI=1S/C23H28FN3O2/c1-26(2)13-14-27(16-17-7-10-20(24)11-8-17)22(28)12-9-19-15-18-5-3-4-6-21(18)25-23(19)29/h3-8,10-11,19H,9,12-16H2,1-2H3,(H,25,29). The van der Waals surface area contributed by atoms with E-state index < -0.39 is 0 Å². The lowest BCUT2D eigenvalue weighted by Crippen LogP contribution is -2.37. The molecule has 1 N–H and O–H groups in total. The Morgan fingerprint density at radius 3 is 2.55 bits per heavy atom. The Balaban J connectivity index is 1.61. The highest BCUT2D eigenvalue weighted by atomic mass is 19.1. The summed E-state index contributed by atoms with van der Waals surface area (Å²) >= 11 is 0. The quantitative estimate of drug-likeness (QED) is 0.744. The van der Waals surface area contributed by atoms with Crippen molar-refractivity contribution in [3.05, 3.63) is 65.5 Å². The zero-order valence-corrected chi connectivity index (χ0v) is 17.0. The van der Waals surface area contributed by atoms with Crippen LogP contribution in [0.5, 0.6) is 0 Å². The van der Waals surface area contributed by atoms with Crippen molar-refractivity contribution in [2.45, 2.75) is 25.8 Å². The Morgan fingerprint density at radius 2 is 1.83 bits per heavy atom. The van der Waals surface area contributed by atoms with Crippen molar-refractivity contribution in [2.75, 3.05) is 32.5 Å². The fraction of sp³-hybridized carbons (Fsp3) is 0.391. The van der Waals surface area contributed by atoms with E-state index in [9.17, 15) is 14.0 Å². The normalized spacial score (nSPS) is 15.7. The van der Waals surface area contributed by atoms with Crippen LogP contribution in [0, 0.1) is 11.7 Å². The van der Waals surface area contributed by atoms with Crippen LogP contribution in [0.25, 0.3) is 0 Å². The van der Waals surface area contributed by atoms with Crippen LogP contribution in [0.4, 0.5) is 10.1 Å². The Kier molecular flexibility index (Phi) is 6.99. The topological polar surface area (TPSA) is 52.6 Å². The van der Waals surface area contributed by atoms with Crippen molar-refractivity contribution in [2.24, 2.45) is 5.92 Å². The first kappa shape index (κ1) is 21.0. The predicted molar refractivity (Wildman–Crippen MR) is 112 cm³/mol. The minimum absolute atomic E-state index is 0.0165. The van der Waals surface area contributed by atoms with E-state index in [0.29, 0.717) is 32.4 Å². The van der Waals surface area contributed by atoms with Crippen molar-refractivity contribution in [3.63, 3.8) is 0 Å². The number of fused-ring (bicyclic) bond motifs is 1. The molecule has 1 heterocycles. The van der Waals surface area contributed by atoms with Gasteiger partial charge < -0.3 is 15.1 Å². The third-order valence-electron chi connectivity index (χ3n) is 5.28. The van der Waals surface area contributed by atoms with Gasteiger partial charge >= 0.3 is 0 Å². The highest BCUT2D eigenvalue weighted by molar-refractivity contribution is 5.96. The van der Waals surface area contributed by atoms with E-state index in [1.165, 1.54) is 12.1 Å². The lowest BCUT2D eigenvalue weighted by molar-refractivity contribution is -0.132. The number of nitrogens with one attached hydrogen (secondary N) is 1. The van der Waals surface area contributed by atoms with Gasteiger partial charge in [-0.15, -0.1) is 0 Å². The minimum Gasteiger partial charge on any atom is -0.337 e. The van der Waals surface area contributed by atoms with Crippen LogP contribution in [-0.4, -0.2) is 48.8 Å². The Hall–Kier alpha value is -2.73. The van der Waals surface area contributed by atoms with Gasteiger partial charge in [-0.25, -0.2) is 4.39 Å². The van der Waals surface area contributed by atoms with E-state index in [0.717, 1.165) is 23.4 Å². The lowest BCUT2D eigenvalue weighted by atomic mass is 9.89. The first-order chi connectivity index (χ1) is 13.9. The molecule has 29 heavy (non-hydrogen) atoms. The van der Waals surface area contributed by atoms with Crippen molar-refractivity contribution in [1.29, 1.82) is 0 Å². The Bertz CT molecular complexity index is 851. The van der Waals surface area contributed by atoms with Crippen molar-refractivity contribution < 1.29 is 14.0 Å². The maximum atomic E-state index is 13.2. The molecule has 6 heteroatoms. The largest absolute Gasteiger partial charge is 0.337 e. The number of halogens is 1. The Morgan fingerprint density at radius 1 is 1.10 bits per heavy atom. The first-order valence-electron chi connectivity index (χ1n) is 9.98. The molecule has 0 saturated carbocycles. The molecular weight excluding hydrogens is 369 g/mol. The molecule has 5 nitrogen and oxygen atoms in total. The number of nitrogens with zero attached hydrogens (tertiary/aromatic N) is 2. The van der Waals surface area contributed by atoms with E-state index in [2.05, 4.69) is 5.32 Å². The highest BCUT2D eigenvalue weighted by Crippen LogP contribution is 2.27. The lowest BCUT2D eigenvalue weighted by Gasteiger charge is -2.27. The summed E-state index contributed by atoms with van der Waals surface area (Å²) in [6, 6.07) is 14.0. The number of likely N-dealkylation sites (N-methyl/N-ethyl adjacent to an activating group) is 1. The molecule has 1 unspecified atom stereocenters. The average Bonchev–Trinajstić information content (AvgIpc) is 2.70. The van der Waals surface area contributed by atoms with Gasteiger partial charge in [-0.05, 0) is 56.3 Å². The summed E-state index contributed by atoms with van der Waals surface area (Å²) in [5.41, 5.74) is 2.87. The van der Waals surface area contributed by atoms with E-state index in [4.69, 9.17) is 0 Å². The van der Waals surface area contributed by atoms with Gasteiger partial charge in [-0.2, -0.15) is 0 Å². The van der Waals surface area contributed by atoms with Crippen LogP contribution in [-0.2, 0) is 22.6 Å². The summed E-state index contributed by atoms with van der Waals surface area (Å²) in [6.07, 6.45) is 1.49. The first-order valence-corrected chi connectivity index (χ1v) is 9.98. The molecule has 2 amide bonds. The summed E-state index contributed by atoms with van der Waals surface area (Å²) in [7, 11) is 3.93. The van der Waals surface area contributed by atoms with E-state index in [1.807, 2.05) is 43.3 Å². The summed E-state index contributed by atoms with van der Waals surface area (Å²) in [5, 5.41) is 2.94. The molecule has 1 atom stereocenters. The second kappa shape index (κ2) is 9.65. The van der Waals surface area contributed by atoms with Gasteiger partial charge in [-0.1, -0.05) is 30.3 Å². The van der Waals surface area contributed by atoms with Crippen molar-refractivity contribution in [3.8, 4) is 0 Å². The smallest absolute Gasteiger partial charge is 0.227 e. The van der Waals surface area contributed by atoms with Gasteiger partial charge in [0, 0.05) is 37.7 Å². The average molecular weight is 397 g/mol. The summed E-state index contributed by atoms with van der Waals surface area (Å²) in [6.45, 7) is 1.76. The van der Waals surface area contributed by atoms with E-state index >= 15 is 0 Å². The van der Waals surface area contributed by atoms with Crippen LogP contribution in [0.1, 0.15) is 24.0 Å². The third-order valence-corrected chi connectivity index (χ3v) is 5.28. The second-order valence-electron chi connectivity index (χ2n) is 7.83.